The number of benzene rings is 1. The maximum absolute atomic E-state index is 12.9. The molecule has 1 aromatic carbocycles. The first-order valence-corrected chi connectivity index (χ1v) is 13.4. The lowest BCUT2D eigenvalue weighted by atomic mass is 9.98. The Balaban J connectivity index is 1.38. The lowest BCUT2D eigenvalue weighted by Gasteiger charge is -2.30. The highest BCUT2D eigenvalue weighted by atomic mass is 32.2. The Hall–Kier alpha value is -1.74. The molecule has 0 atom stereocenters. The first kappa shape index (κ1) is 22.5. The third-order valence-corrected chi connectivity index (χ3v) is 9.23. The third-order valence-electron chi connectivity index (χ3n) is 6.25. The highest BCUT2D eigenvalue weighted by Crippen LogP contribution is 2.27. The summed E-state index contributed by atoms with van der Waals surface area (Å²) in [6, 6.07) is 9.83. The van der Waals surface area contributed by atoms with Crippen molar-refractivity contribution in [3.8, 4) is 0 Å². The first-order valence-electron chi connectivity index (χ1n) is 11.1. The molecular formula is C23H31N3O3S2. The van der Waals surface area contributed by atoms with Crippen molar-refractivity contribution in [2.24, 2.45) is 5.92 Å². The van der Waals surface area contributed by atoms with Crippen LogP contribution in [0.4, 0.5) is 0 Å². The van der Waals surface area contributed by atoms with Gasteiger partial charge in [0.2, 0.25) is 10.0 Å². The smallest absolute Gasteiger partial charge is 0.263 e. The molecule has 0 bridgehead atoms. The van der Waals surface area contributed by atoms with Gasteiger partial charge in [0.25, 0.3) is 5.91 Å². The molecular weight excluding hydrogens is 430 g/mol. The van der Waals surface area contributed by atoms with E-state index in [4.69, 9.17) is 0 Å². The van der Waals surface area contributed by atoms with Gasteiger partial charge in [0.15, 0.2) is 0 Å². The van der Waals surface area contributed by atoms with E-state index in [-0.39, 0.29) is 15.7 Å². The standard InChI is InChI=1S/C23H31N3O3S2/c1-18-7-12-25(13-8-18)17-20-6-4-5-19(15-20)16-24-23(27)22-21(9-14-30-22)31(28,29)26-10-2-3-11-26/h4-6,9,14-15,18H,2-3,7-8,10-13,16-17H2,1H3,(H,24,27). The molecule has 0 saturated carbocycles. The van der Waals surface area contributed by atoms with Crippen molar-refractivity contribution in [3.05, 3.63) is 51.7 Å². The zero-order valence-electron chi connectivity index (χ0n) is 18.0. The molecule has 2 aliphatic rings. The maximum atomic E-state index is 12.9. The van der Waals surface area contributed by atoms with E-state index in [0.717, 1.165) is 44.0 Å². The Morgan fingerprint density at radius 1 is 1.10 bits per heavy atom. The summed E-state index contributed by atoms with van der Waals surface area (Å²) in [6.45, 7) is 6.95. The predicted molar refractivity (Wildman–Crippen MR) is 124 cm³/mol. The molecule has 1 aromatic heterocycles. The second kappa shape index (κ2) is 9.81. The van der Waals surface area contributed by atoms with Crippen LogP contribution < -0.4 is 5.32 Å². The minimum absolute atomic E-state index is 0.130. The highest BCUT2D eigenvalue weighted by molar-refractivity contribution is 7.89. The Morgan fingerprint density at radius 2 is 1.81 bits per heavy atom. The van der Waals surface area contributed by atoms with Gasteiger partial charge in [-0.05, 0) is 67.3 Å². The average molecular weight is 462 g/mol. The van der Waals surface area contributed by atoms with E-state index < -0.39 is 10.0 Å². The molecule has 1 amide bonds. The maximum Gasteiger partial charge on any atom is 0.263 e. The van der Waals surface area contributed by atoms with Crippen molar-refractivity contribution < 1.29 is 13.2 Å². The summed E-state index contributed by atoms with van der Waals surface area (Å²) in [5.74, 6) is 0.484. The molecule has 2 saturated heterocycles. The number of thiophene rings is 1. The number of hydrogen-bond donors (Lipinski definition) is 1. The molecule has 3 heterocycles. The lowest BCUT2D eigenvalue weighted by Crippen LogP contribution is -2.32. The average Bonchev–Trinajstić information content (AvgIpc) is 3.47. The van der Waals surface area contributed by atoms with Crippen LogP contribution in [0.15, 0.2) is 40.6 Å². The van der Waals surface area contributed by atoms with Gasteiger partial charge in [-0.25, -0.2) is 8.42 Å². The number of hydrogen-bond acceptors (Lipinski definition) is 5. The van der Waals surface area contributed by atoms with E-state index in [2.05, 4.69) is 29.3 Å². The summed E-state index contributed by atoms with van der Waals surface area (Å²) in [5.41, 5.74) is 2.27. The van der Waals surface area contributed by atoms with Crippen LogP contribution in [0.5, 0.6) is 0 Å². The number of sulfonamides is 1. The quantitative estimate of drug-likeness (QED) is 0.683. The van der Waals surface area contributed by atoms with Crippen LogP contribution in [0.1, 0.15) is 53.4 Å². The predicted octanol–water partition coefficient (Wildman–Crippen LogP) is 3.69. The summed E-state index contributed by atoms with van der Waals surface area (Å²) >= 11 is 1.18. The summed E-state index contributed by atoms with van der Waals surface area (Å²) in [4.78, 5) is 15.7. The Labute approximate surface area is 189 Å². The minimum Gasteiger partial charge on any atom is -0.347 e. The highest BCUT2D eigenvalue weighted by Gasteiger charge is 2.31. The van der Waals surface area contributed by atoms with Crippen LogP contribution in [0, 0.1) is 5.92 Å². The van der Waals surface area contributed by atoms with Crippen molar-refractivity contribution in [1.29, 1.82) is 0 Å². The van der Waals surface area contributed by atoms with Gasteiger partial charge in [0, 0.05) is 26.2 Å². The number of carbonyl (C=O) groups is 1. The topological polar surface area (TPSA) is 69.7 Å². The molecule has 31 heavy (non-hydrogen) atoms. The summed E-state index contributed by atoms with van der Waals surface area (Å²) < 4.78 is 27.3. The molecule has 2 fully saturated rings. The van der Waals surface area contributed by atoms with Gasteiger partial charge in [-0.15, -0.1) is 11.3 Å². The Bertz CT molecular complexity index is 1000. The summed E-state index contributed by atoms with van der Waals surface area (Å²) in [7, 11) is -3.60. The largest absolute Gasteiger partial charge is 0.347 e. The number of nitrogens with zero attached hydrogens (tertiary/aromatic N) is 2. The Morgan fingerprint density at radius 3 is 2.55 bits per heavy atom. The fourth-order valence-corrected chi connectivity index (χ4v) is 7.15. The number of likely N-dealkylation sites (tertiary alicyclic amines) is 1. The van der Waals surface area contributed by atoms with Crippen molar-refractivity contribution >= 4 is 27.3 Å². The monoisotopic (exact) mass is 461 g/mol. The molecule has 2 aromatic rings. The molecule has 2 aliphatic heterocycles. The summed E-state index contributed by atoms with van der Waals surface area (Å²) in [5, 5.41) is 4.59. The van der Waals surface area contributed by atoms with Gasteiger partial charge in [-0.3, -0.25) is 9.69 Å². The second-order valence-corrected chi connectivity index (χ2v) is 11.5. The molecule has 1 N–H and O–H groups in total. The number of amides is 1. The van der Waals surface area contributed by atoms with Crippen molar-refractivity contribution in [3.63, 3.8) is 0 Å². The van der Waals surface area contributed by atoms with Gasteiger partial charge in [-0.1, -0.05) is 31.2 Å². The van der Waals surface area contributed by atoms with Crippen molar-refractivity contribution in [2.45, 2.75) is 50.6 Å². The van der Waals surface area contributed by atoms with E-state index in [0.29, 0.717) is 19.6 Å². The van der Waals surface area contributed by atoms with Gasteiger partial charge in [-0.2, -0.15) is 4.31 Å². The number of nitrogens with one attached hydrogen (secondary N) is 1. The normalized spacial score (nSPS) is 19.0. The molecule has 0 unspecified atom stereocenters. The molecule has 0 aliphatic carbocycles. The second-order valence-electron chi connectivity index (χ2n) is 8.69. The number of carbonyl (C=O) groups excluding carboxylic acids is 1. The van der Waals surface area contributed by atoms with Crippen LogP contribution in [0.3, 0.4) is 0 Å². The fourth-order valence-electron chi connectivity index (χ4n) is 4.31. The zero-order chi connectivity index (χ0) is 21.8. The lowest BCUT2D eigenvalue weighted by molar-refractivity contribution is 0.0952. The summed E-state index contributed by atoms with van der Waals surface area (Å²) in [6.07, 6.45) is 4.24. The van der Waals surface area contributed by atoms with Gasteiger partial charge < -0.3 is 5.32 Å². The van der Waals surface area contributed by atoms with E-state index in [1.54, 1.807) is 11.4 Å². The van der Waals surface area contributed by atoms with Crippen molar-refractivity contribution in [2.75, 3.05) is 26.2 Å². The molecule has 0 spiro atoms. The van der Waals surface area contributed by atoms with E-state index >= 15 is 0 Å². The van der Waals surface area contributed by atoms with Crippen LogP contribution >= 0.6 is 11.3 Å². The Kier molecular flexibility index (Phi) is 7.11. The molecule has 6 nitrogen and oxygen atoms in total. The third kappa shape index (κ3) is 5.37. The molecule has 168 valence electrons. The molecule has 8 heteroatoms. The molecule has 0 radical (unpaired) electrons. The minimum atomic E-state index is -3.60. The zero-order valence-corrected chi connectivity index (χ0v) is 19.7. The van der Waals surface area contributed by atoms with Crippen LogP contribution in [-0.2, 0) is 23.1 Å². The number of rotatable bonds is 7. The van der Waals surface area contributed by atoms with Crippen LogP contribution in [0.2, 0.25) is 0 Å². The number of piperidine rings is 1. The van der Waals surface area contributed by atoms with E-state index in [1.807, 2.05) is 12.1 Å². The van der Waals surface area contributed by atoms with E-state index in [9.17, 15) is 13.2 Å². The van der Waals surface area contributed by atoms with Gasteiger partial charge in [0.05, 0.1) is 0 Å². The van der Waals surface area contributed by atoms with Crippen LogP contribution in [0.25, 0.3) is 0 Å². The molecule has 4 rings (SSSR count). The first-order chi connectivity index (χ1) is 14.9. The van der Waals surface area contributed by atoms with Crippen LogP contribution in [-0.4, -0.2) is 49.7 Å². The SMILES string of the molecule is CC1CCN(Cc2cccc(CNC(=O)c3sccc3S(=O)(=O)N3CCCC3)c2)CC1. The fraction of sp³-hybridized carbons (Fsp3) is 0.522. The van der Waals surface area contributed by atoms with E-state index in [1.165, 1.54) is 34.0 Å². The van der Waals surface area contributed by atoms with Crippen molar-refractivity contribution in [1.82, 2.24) is 14.5 Å². The van der Waals surface area contributed by atoms with Gasteiger partial charge in [0.1, 0.15) is 9.77 Å². The van der Waals surface area contributed by atoms with Gasteiger partial charge >= 0.3 is 0 Å².